The van der Waals surface area contributed by atoms with Crippen molar-refractivity contribution in [2.24, 2.45) is 5.92 Å². The highest BCUT2D eigenvalue weighted by molar-refractivity contribution is 5.67. The molecule has 4 heteroatoms. The number of hydrogen-bond donors (Lipinski definition) is 2. The summed E-state index contributed by atoms with van der Waals surface area (Å²) in [7, 11) is 0. The van der Waals surface area contributed by atoms with Gasteiger partial charge in [-0.15, -0.1) is 0 Å². The van der Waals surface area contributed by atoms with Crippen molar-refractivity contribution in [3.05, 3.63) is 23.8 Å². The van der Waals surface area contributed by atoms with Crippen LogP contribution in [0.5, 0.6) is 0 Å². The number of hydrogen-bond acceptors (Lipinski definition) is 2. The van der Waals surface area contributed by atoms with Gasteiger partial charge in [0.2, 0.25) is 0 Å². The molecule has 0 heterocycles. The molecule has 0 spiro atoms. The molecule has 0 radical (unpaired) electrons. The van der Waals surface area contributed by atoms with Crippen LogP contribution in [-0.4, -0.2) is 6.04 Å². The van der Waals surface area contributed by atoms with Gasteiger partial charge in [-0.3, -0.25) is 0 Å². The lowest BCUT2D eigenvalue weighted by Gasteiger charge is -2.30. The molecule has 1 aromatic rings. The summed E-state index contributed by atoms with van der Waals surface area (Å²) in [5, 5.41) is 3.19. The first kappa shape index (κ1) is 14.1. The molecule has 2 nitrogen and oxygen atoms in total. The number of benzene rings is 1. The largest absolute Gasteiger partial charge is 0.395 e. The Labute approximate surface area is 113 Å². The topological polar surface area (TPSA) is 38.0 Å². The fraction of sp³-hybridized carbons (Fsp3) is 0.600. The Kier molecular flexibility index (Phi) is 4.61. The third-order valence-electron chi connectivity index (χ3n) is 4.00. The van der Waals surface area contributed by atoms with E-state index in [1.165, 1.54) is 31.7 Å². The van der Waals surface area contributed by atoms with Crippen LogP contribution in [0.3, 0.4) is 0 Å². The molecule has 0 atom stereocenters. The maximum absolute atomic E-state index is 13.4. The van der Waals surface area contributed by atoms with Gasteiger partial charge < -0.3 is 11.1 Å². The molecule has 0 amide bonds. The fourth-order valence-electron chi connectivity index (χ4n) is 2.93. The minimum absolute atomic E-state index is 0.0112. The first-order valence-electron chi connectivity index (χ1n) is 7.11. The Morgan fingerprint density at radius 2 is 1.89 bits per heavy atom. The monoisotopic (exact) mass is 268 g/mol. The molecular formula is C15H22F2N2. The van der Waals surface area contributed by atoms with Crippen LogP contribution < -0.4 is 11.1 Å². The Hall–Kier alpha value is -1.32. The molecule has 106 valence electrons. The summed E-state index contributed by atoms with van der Waals surface area (Å²) in [4.78, 5) is 0. The van der Waals surface area contributed by atoms with Crippen LogP contribution >= 0.6 is 0 Å². The predicted octanol–water partition coefficient (Wildman–Crippen LogP) is 4.32. The van der Waals surface area contributed by atoms with Crippen LogP contribution in [0.4, 0.5) is 20.2 Å². The van der Waals surface area contributed by atoms with Gasteiger partial charge in [0, 0.05) is 12.1 Å². The van der Waals surface area contributed by atoms with Gasteiger partial charge in [0.1, 0.15) is 5.82 Å². The van der Waals surface area contributed by atoms with Gasteiger partial charge in [-0.05, 0) is 37.7 Å². The van der Waals surface area contributed by atoms with Crippen LogP contribution in [0.25, 0.3) is 0 Å². The van der Waals surface area contributed by atoms with E-state index in [9.17, 15) is 8.78 Å². The molecule has 1 saturated carbocycles. The van der Waals surface area contributed by atoms with Crippen molar-refractivity contribution >= 4 is 11.4 Å². The molecule has 2 rings (SSSR count). The molecule has 1 fully saturated rings. The molecule has 0 unspecified atom stereocenters. The van der Waals surface area contributed by atoms with Crippen molar-refractivity contribution in [3.8, 4) is 0 Å². The fourth-order valence-corrected chi connectivity index (χ4v) is 2.93. The second kappa shape index (κ2) is 6.22. The molecular weight excluding hydrogens is 246 g/mol. The van der Waals surface area contributed by atoms with Gasteiger partial charge in [-0.1, -0.05) is 19.8 Å². The lowest BCUT2D eigenvalue weighted by molar-refractivity contribution is 0.319. The smallest absolute Gasteiger partial charge is 0.151 e. The van der Waals surface area contributed by atoms with E-state index in [4.69, 9.17) is 5.73 Å². The summed E-state index contributed by atoms with van der Waals surface area (Å²) in [6.07, 6.45) is 6.96. The Bertz CT molecular complexity index is 426. The molecule has 1 aliphatic rings. The lowest BCUT2D eigenvalue weighted by Crippen LogP contribution is -2.26. The zero-order chi connectivity index (χ0) is 13.8. The maximum atomic E-state index is 13.4. The standard InChI is InChI=1S/C15H22F2N2/c1-2-3-10-4-6-12(7-5-10)19-14-9-11(16)8-13(17)15(14)18/h8-10,12,19H,2-7,18H2,1H3. The van der Waals surface area contributed by atoms with E-state index in [0.29, 0.717) is 5.69 Å². The molecule has 1 aliphatic carbocycles. The van der Waals surface area contributed by atoms with E-state index in [1.807, 2.05) is 0 Å². The highest BCUT2D eigenvalue weighted by atomic mass is 19.1. The minimum atomic E-state index is -0.692. The average Bonchev–Trinajstić information content (AvgIpc) is 2.38. The van der Waals surface area contributed by atoms with Crippen LogP contribution in [0.15, 0.2) is 12.1 Å². The summed E-state index contributed by atoms with van der Waals surface area (Å²) in [6, 6.07) is 2.37. The summed E-state index contributed by atoms with van der Waals surface area (Å²) in [5.41, 5.74) is 6.04. The number of nitrogens with two attached hydrogens (primary N) is 1. The quantitative estimate of drug-likeness (QED) is 0.798. The van der Waals surface area contributed by atoms with E-state index in [0.717, 1.165) is 24.8 Å². The van der Waals surface area contributed by atoms with Crippen molar-refractivity contribution in [2.45, 2.75) is 51.5 Å². The predicted molar refractivity (Wildman–Crippen MR) is 75.0 cm³/mol. The van der Waals surface area contributed by atoms with E-state index < -0.39 is 11.6 Å². The number of nitrogens with one attached hydrogen (secondary N) is 1. The molecule has 0 saturated heterocycles. The Balaban J connectivity index is 1.96. The summed E-state index contributed by atoms with van der Waals surface area (Å²) in [5.74, 6) is -0.472. The Morgan fingerprint density at radius 1 is 1.21 bits per heavy atom. The van der Waals surface area contributed by atoms with Gasteiger partial charge in [-0.2, -0.15) is 0 Å². The molecule has 0 aliphatic heterocycles. The molecule has 19 heavy (non-hydrogen) atoms. The highest BCUT2D eigenvalue weighted by Gasteiger charge is 2.21. The number of nitrogen functional groups attached to an aromatic ring is 1. The second-order valence-corrected chi connectivity index (χ2v) is 5.50. The van der Waals surface area contributed by atoms with Crippen molar-refractivity contribution in [2.75, 3.05) is 11.1 Å². The Morgan fingerprint density at radius 3 is 2.53 bits per heavy atom. The summed E-state index contributed by atoms with van der Waals surface area (Å²) < 4.78 is 26.5. The first-order chi connectivity index (χ1) is 9.10. The zero-order valence-electron chi connectivity index (χ0n) is 11.4. The first-order valence-corrected chi connectivity index (χ1v) is 7.11. The molecule has 0 bridgehead atoms. The third-order valence-corrected chi connectivity index (χ3v) is 4.00. The van der Waals surface area contributed by atoms with E-state index in [-0.39, 0.29) is 11.7 Å². The zero-order valence-corrected chi connectivity index (χ0v) is 11.4. The second-order valence-electron chi connectivity index (χ2n) is 5.50. The van der Waals surface area contributed by atoms with Gasteiger partial charge in [0.15, 0.2) is 5.82 Å². The SMILES string of the molecule is CCCC1CCC(Nc2cc(F)cc(F)c2N)CC1. The number of halogens is 2. The number of anilines is 2. The minimum Gasteiger partial charge on any atom is -0.395 e. The van der Waals surface area contributed by atoms with E-state index in [2.05, 4.69) is 12.2 Å². The van der Waals surface area contributed by atoms with Crippen molar-refractivity contribution < 1.29 is 8.78 Å². The van der Waals surface area contributed by atoms with Crippen molar-refractivity contribution in [1.29, 1.82) is 0 Å². The van der Waals surface area contributed by atoms with Crippen molar-refractivity contribution in [1.82, 2.24) is 0 Å². The normalized spacial score (nSPS) is 23.3. The highest BCUT2D eigenvalue weighted by Crippen LogP contribution is 2.31. The van der Waals surface area contributed by atoms with Crippen LogP contribution in [0, 0.1) is 17.6 Å². The number of rotatable bonds is 4. The lowest BCUT2D eigenvalue weighted by atomic mass is 9.83. The third kappa shape index (κ3) is 3.58. The maximum Gasteiger partial charge on any atom is 0.151 e. The van der Waals surface area contributed by atoms with Crippen LogP contribution in [-0.2, 0) is 0 Å². The molecule has 1 aromatic carbocycles. The molecule has 0 aromatic heterocycles. The van der Waals surface area contributed by atoms with Gasteiger partial charge >= 0.3 is 0 Å². The van der Waals surface area contributed by atoms with Gasteiger partial charge in [0.05, 0.1) is 11.4 Å². The molecule has 3 N–H and O–H groups in total. The summed E-state index contributed by atoms with van der Waals surface area (Å²) >= 11 is 0. The van der Waals surface area contributed by atoms with Crippen LogP contribution in [0.2, 0.25) is 0 Å². The summed E-state index contributed by atoms with van der Waals surface area (Å²) in [6.45, 7) is 2.21. The van der Waals surface area contributed by atoms with Gasteiger partial charge in [0.25, 0.3) is 0 Å². The van der Waals surface area contributed by atoms with Crippen LogP contribution in [0.1, 0.15) is 45.4 Å². The van der Waals surface area contributed by atoms with E-state index in [1.54, 1.807) is 0 Å². The van der Waals surface area contributed by atoms with Gasteiger partial charge in [-0.25, -0.2) is 8.78 Å². The average molecular weight is 268 g/mol. The van der Waals surface area contributed by atoms with Crippen molar-refractivity contribution in [3.63, 3.8) is 0 Å². The van der Waals surface area contributed by atoms with E-state index >= 15 is 0 Å².